The van der Waals surface area contributed by atoms with Crippen LogP contribution in [0.1, 0.15) is 17.5 Å². The van der Waals surface area contributed by atoms with Crippen molar-refractivity contribution in [3.63, 3.8) is 0 Å². The highest BCUT2D eigenvalue weighted by Crippen LogP contribution is 2.31. The highest BCUT2D eigenvalue weighted by atomic mass is 19.4. The average Bonchev–Trinajstić information content (AvgIpc) is 2.15. The molecule has 0 aliphatic carbocycles. The quantitative estimate of drug-likeness (QED) is 0.780. The van der Waals surface area contributed by atoms with Crippen LogP contribution in [0.5, 0.6) is 0 Å². The van der Waals surface area contributed by atoms with Gasteiger partial charge in [0.05, 0.1) is 5.56 Å². The maximum absolute atomic E-state index is 12.8. The van der Waals surface area contributed by atoms with Crippen LogP contribution in [-0.2, 0) is 12.6 Å². The van der Waals surface area contributed by atoms with E-state index in [2.05, 4.69) is 0 Å². The molecule has 0 fully saturated rings. The van der Waals surface area contributed by atoms with E-state index in [0.29, 0.717) is 24.9 Å². The van der Waals surface area contributed by atoms with Crippen molar-refractivity contribution < 1.29 is 17.6 Å². The molecule has 5 heteroatoms. The normalized spacial score (nSPS) is 11.8. The summed E-state index contributed by atoms with van der Waals surface area (Å²) < 4.78 is 49.7. The fraction of sp³-hybridized carbons (Fsp3) is 0.400. The lowest BCUT2D eigenvalue weighted by atomic mass is 10.1. The number of halogens is 4. The van der Waals surface area contributed by atoms with E-state index in [-0.39, 0.29) is 0 Å². The summed E-state index contributed by atoms with van der Waals surface area (Å²) in [5.74, 6) is -1.24. The molecular formula is C10H11F4N. The Morgan fingerprint density at radius 3 is 2.40 bits per heavy atom. The zero-order valence-corrected chi connectivity index (χ0v) is 7.94. The summed E-state index contributed by atoms with van der Waals surface area (Å²) >= 11 is 0. The first-order chi connectivity index (χ1) is 6.95. The summed E-state index contributed by atoms with van der Waals surface area (Å²) in [4.78, 5) is 0. The molecule has 1 aromatic carbocycles. The summed E-state index contributed by atoms with van der Waals surface area (Å²) in [5, 5.41) is 0. The first-order valence-electron chi connectivity index (χ1n) is 4.51. The first-order valence-corrected chi connectivity index (χ1v) is 4.51. The molecule has 0 amide bonds. The van der Waals surface area contributed by atoms with Gasteiger partial charge in [0.1, 0.15) is 5.82 Å². The summed E-state index contributed by atoms with van der Waals surface area (Å²) in [7, 11) is 0. The second-order valence-electron chi connectivity index (χ2n) is 3.20. The van der Waals surface area contributed by atoms with Crippen LogP contribution in [0.15, 0.2) is 18.2 Å². The van der Waals surface area contributed by atoms with Crippen molar-refractivity contribution in [1.82, 2.24) is 0 Å². The van der Waals surface area contributed by atoms with E-state index >= 15 is 0 Å². The van der Waals surface area contributed by atoms with Gasteiger partial charge < -0.3 is 5.73 Å². The van der Waals surface area contributed by atoms with E-state index in [1.54, 1.807) is 0 Å². The van der Waals surface area contributed by atoms with Crippen molar-refractivity contribution in [2.75, 3.05) is 6.54 Å². The minimum atomic E-state index is -4.64. The molecule has 0 heterocycles. The molecule has 0 aliphatic rings. The fourth-order valence-electron chi connectivity index (χ4n) is 1.25. The van der Waals surface area contributed by atoms with E-state index in [0.717, 1.165) is 12.1 Å². The topological polar surface area (TPSA) is 26.0 Å². The molecule has 0 unspecified atom stereocenters. The number of aryl methyl sites for hydroxylation is 1. The van der Waals surface area contributed by atoms with Crippen LogP contribution in [0.3, 0.4) is 0 Å². The largest absolute Gasteiger partial charge is 0.419 e. The summed E-state index contributed by atoms with van der Waals surface area (Å²) in [6.45, 7) is 0.402. The van der Waals surface area contributed by atoms with E-state index in [1.807, 2.05) is 0 Å². The van der Waals surface area contributed by atoms with Gasteiger partial charge in [-0.2, -0.15) is 13.2 Å². The van der Waals surface area contributed by atoms with Crippen molar-refractivity contribution in [1.29, 1.82) is 0 Å². The van der Waals surface area contributed by atoms with Gasteiger partial charge >= 0.3 is 6.18 Å². The Kier molecular flexibility index (Phi) is 3.68. The second-order valence-corrected chi connectivity index (χ2v) is 3.20. The fourth-order valence-corrected chi connectivity index (χ4v) is 1.25. The molecule has 0 saturated heterocycles. The minimum Gasteiger partial charge on any atom is -0.330 e. The Hall–Kier alpha value is -1.10. The van der Waals surface area contributed by atoms with Crippen molar-refractivity contribution in [3.8, 4) is 0 Å². The van der Waals surface area contributed by atoms with Gasteiger partial charge in [-0.15, -0.1) is 0 Å². The number of alkyl halides is 3. The molecule has 2 N–H and O–H groups in total. The highest BCUT2D eigenvalue weighted by molar-refractivity contribution is 5.27. The second kappa shape index (κ2) is 4.61. The molecule has 0 aromatic heterocycles. The average molecular weight is 221 g/mol. The summed E-state index contributed by atoms with van der Waals surface area (Å²) in [6.07, 6.45) is -3.62. The SMILES string of the molecule is NCCCc1ccc(F)c(C(F)(F)F)c1. The Bertz CT molecular complexity index is 333. The third-order valence-corrected chi connectivity index (χ3v) is 2.01. The van der Waals surface area contributed by atoms with Crippen LogP contribution < -0.4 is 5.73 Å². The predicted octanol–water partition coefficient (Wildman–Crippen LogP) is 2.74. The summed E-state index contributed by atoms with van der Waals surface area (Å²) in [5.41, 5.74) is 4.48. The van der Waals surface area contributed by atoms with Crippen LogP contribution in [0.2, 0.25) is 0 Å². The highest BCUT2D eigenvalue weighted by Gasteiger charge is 2.33. The monoisotopic (exact) mass is 221 g/mol. The van der Waals surface area contributed by atoms with Crippen molar-refractivity contribution >= 4 is 0 Å². The first kappa shape index (κ1) is 12.0. The van der Waals surface area contributed by atoms with Crippen molar-refractivity contribution in [2.45, 2.75) is 19.0 Å². The van der Waals surface area contributed by atoms with Crippen molar-refractivity contribution in [3.05, 3.63) is 35.1 Å². The lowest BCUT2D eigenvalue weighted by molar-refractivity contribution is -0.140. The molecule has 15 heavy (non-hydrogen) atoms. The number of benzene rings is 1. The smallest absolute Gasteiger partial charge is 0.330 e. The number of rotatable bonds is 3. The molecule has 84 valence electrons. The Balaban J connectivity index is 2.95. The molecule has 1 nitrogen and oxygen atoms in total. The molecule has 0 aliphatic heterocycles. The zero-order chi connectivity index (χ0) is 11.5. The predicted molar refractivity (Wildman–Crippen MR) is 48.8 cm³/mol. The molecule has 0 spiro atoms. The van der Waals surface area contributed by atoms with E-state index in [1.165, 1.54) is 6.07 Å². The molecule has 0 radical (unpaired) electrons. The van der Waals surface area contributed by atoms with Crippen LogP contribution in [0.25, 0.3) is 0 Å². The molecular weight excluding hydrogens is 210 g/mol. The van der Waals surface area contributed by atoms with Crippen LogP contribution in [-0.4, -0.2) is 6.54 Å². The zero-order valence-electron chi connectivity index (χ0n) is 7.94. The Morgan fingerprint density at radius 1 is 1.20 bits per heavy atom. The standard InChI is InChI=1S/C10H11F4N/c11-9-4-3-7(2-1-5-15)6-8(9)10(12,13)14/h3-4,6H,1-2,5,15H2. The van der Waals surface area contributed by atoms with Crippen LogP contribution >= 0.6 is 0 Å². The van der Waals surface area contributed by atoms with E-state index in [9.17, 15) is 17.6 Å². The maximum atomic E-state index is 12.8. The van der Waals surface area contributed by atoms with Gasteiger partial charge in [0.2, 0.25) is 0 Å². The van der Waals surface area contributed by atoms with Crippen LogP contribution in [0, 0.1) is 5.82 Å². The van der Waals surface area contributed by atoms with E-state index in [4.69, 9.17) is 5.73 Å². The molecule has 1 rings (SSSR count). The molecule has 0 saturated carbocycles. The third kappa shape index (κ3) is 3.20. The Labute approximate surface area is 84.9 Å². The van der Waals surface area contributed by atoms with Gasteiger partial charge in [-0.1, -0.05) is 6.07 Å². The minimum absolute atomic E-state index is 0.402. The van der Waals surface area contributed by atoms with Gasteiger partial charge in [-0.05, 0) is 37.1 Å². The molecule has 1 aromatic rings. The molecule has 0 bridgehead atoms. The van der Waals surface area contributed by atoms with E-state index < -0.39 is 17.6 Å². The van der Waals surface area contributed by atoms with Gasteiger partial charge in [-0.3, -0.25) is 0 Å². The maximum Gasteiger partial charge on any atom is 0.419 e. The Morgan fingerprint density at radius 2 is 1.87 bits per heavy atom. The number of hydrogen-bond acceptors (Lipinski definition) is 1. The number of hydrogen-bond donors (Lipinski definition) is 1. The van der Waals surface area contributed by atoms with Crippen molar-refractivity contribution in [2.24, 2.45) is 5.73 Å². The molecule has 0 atom stereocenters. The van der Waals surface area contributed by atoms with Gasteiger partial charge in [0.25, 0.3) is 0 Å². The van der Waals surface area contributed by atoms with Gasteiger partial charge in [0.15, 0.2) is 0 Å². The summed E-state index contributed by atoms with van der Waals surface area (Å²) in [6, 6.07) is 3.03. The lowest BCUT2D eigenvalue weighted by Crippen LogP contribution is -2.09. The van der Waals surface area contributed by atoms with Gasteiger partial charge in [-0.25, -0.2) is 4.39 Å². The van der Waals surface area contributed by atoms with Crippen LogP contribution in [0.4, 0.5) is 17.6 Å². The third-order valence-electron chi connectivity index (χ3n) is 2.01. The van der Waals surface area contributed by atoms with Gasteiger partial charge in [0, 0.05) is 0 Å². The number of nitrogens with two attached hydrogens (primary N) is 1. The lowest BCUT2D eigenvalue weighted by Gasteiger charge is -2.09.